The number of halogens is 2. The highest BCUT2D eigenvalue weighted by Gasteiger charge is 2.09. The van der Waals surface area contributed by atoms with Crippen LogP contribution in [-0.2, 0) is 0 Å². The first-order valence-electron chi connectivity index (χ1n) is 4.17. The molecule has 2 N–H and O–H groups in total. The molecule has 0 amide bonds. The van der Waals surface area contributed by atoms with Gasteiger partial charge in [-0.1, -0.05) is 11.6 Å². The quantitative estimate of drug-likeness (QED) is 0.602. The third-order valence-electron chi connectivity index (χ3n) is 1.55. The van der Waals surface area contributed by atoms with Crippen LogP contribution >= 0.6 is 11.6 Å². The first-order chi connectivity index (χ1) is 6.50. The molecule has 76 valence electrons. The standard InChI is InChI=1S/C9H11ClFN3/c1-5(2)14-7-3-8(10)13-4-6(7)9(11)12/h3-5,12H,1-2H3,(H,13,14). The third-order valence-corrected chi connectivity index (χ3v) is 1.76. The van der Waals surface area contributed by atoms with Gasteiger partial charge in [-0.2, -0.15) is 4.39 Å². The van der Waals surface area contributed by atoms with E-state index < -0.39 is 5.97 Å². The molecular formula is C9H11ClFN3. The Kier molecular flexibility index (Phi) is 3.41. The molecule has 0 aromatic carbocycles. The van der Waals surface area contributed by atoms with Gasteiger partial charge in [-0.25, -0.2) is 4.98 Å². The highest BCUT2D eigenvalue weighted by atomic mass is 35.5. The van der Waals surface area contributed by atoms with Crippen molar-refractivity contribution in [1.29, 1.82) is 5.41 Å². The second-order valence-corrected chi connectivity index (χ2v) is 3.55. The summed E-state index contributed by atoms with van der Waals surface area (Å²) in [4.78, 5) is 3.71. The Balaban J connectivity index is 3.09. The number of aromatic nitrogens is 1. The van der Waals surface area contributed by atoms with Gasteiger partial charge in [0.25, 0.3) is 0 Å². The summed E-state index contributed by atoms with van der Waals surface area (Å²) in [5.74, 6) is -1.02. The van der Waals surface area contributed by atoms with Crippen molar-refractivity contribution < 1.29 is 4.39 Å². The number of hydrogen-bond acceptors (Lipinski definition) is 3. The van der Waals surface area contributed by atoms with Gasteiger partial charge in [0.1, 0.15) is 5.15 Å². The van der Waals surface area contributed by atoms with Crippen molar-refractivity contribution in [2.45, 2.75) is 19.9 Å². The average Bonchev–Trinajstić information content (AvgIpc) is 2.01. The van der Waals surface area contributed by atoms with Gasteiger partial charge in [0.05, 0.1) is 11.3 Å². The van der Waals surface area contributed by atoms with Gasteiger partial charge in [0.2, 0.25) is 5.97 Å². The van der Waals surface area contributed by atoms with Crippen molar-refractivity contribution in [3.8, 4) is 0 Å². The van der Waals surface area contributed by atoms with E-state index in [2.05, 4.69) is 10.3 Å². The van der Waals surface area contributed by atoms with Gasteiger partial charge < -0.3 is 5.32 Å². The molecule has 1 aromatic rings. The Morgan fingerprint density at radius 3 is 2.79 bits per heavy atom. The first-order valence-corrected chi connectivity index (χ1v) is 4.55. The van der Waals surface area contributed by atoms with E-state index in [1.54, 1.807) is 0 Å². The summed E-state index contributed by atoms with van der Waals surface area (Å²) in [5.41, 5.74) is 0.621. The normalized spacial score (nSPS) is 10.4. The molecule has 0 saturated carbocycles. The zero-order chi connectivity index (χ0) is 10.7. The highest BCUT2D eigenvalue weighted by Crippen LogP contribution is 2.20. The predicted molar refractivity (Wildman–Crippen MR) is 55.9 cm³/mol. The van der Waals surface area contributed by atoms with Crippen LogP contribution in [0.2, 0.25) is 5.15 Å². The highest BCUT2D eigenvalue weighted by molar-refractivity contribution is 6.29. The minimum Gasteiger partial charge on any atom is -0.382 e. The molecule has 1 aromatic heterocycles. The lowest BCUT2D eigenvalue weighted by atomic mass is 10.2. The molecule has 0 aliphatic carbocycles. The fraction of sp³-hybridized carbons (Fsp3) is 0.333. The lowest BCUT2D eigenvalue weighted by Crippen LogP contribution is -2.12. The summed E-state index contributed by atoms with van der Waals surface area (Å²) >= 11 is 5.66. The maximum absolute atomic E-state index is 12.7. The minimum absolute atomic E-state index is 0.128. The van der Waals surface area contributed by atoms with Crippen LogP contribution < -0.4 is 5.32 Å². The van der Waals surface area contributed by atoms with Crippen molar-refractivity contribution in [3.63, 3.8) is 0 Å². The summed E-state index contributed by atoms with van der Waals surface area (Å²) in [6, 6.07) is 1.65. The Morgan fingerprint density at radius 1 is 1.64 bits per heavy atom. The van der Waals surface area contributed by atoms with E-state index in [4.69, 9.17) is 17.0 Å². The maximum atomic E-state index is 12.7. The van der Waals surface area contributed by atoms with Crippen LogP contribution in [-0.4, -0.2) is 17.0 Å². The molecule has 0 unspecified atom stereocenters. The number of pyridine rings is 1. The molecule has 0 spiro atoms. The third kappa shape index (κ3) is 2.67. The van der Waals surface area contributed by atoms with Crippen LogP contribution in [0.1, 0.15) is 19.4 Å². The molecule has 0 fully saturated rings. The SMILES string of the molecule is CC(C)Nc1cc(Cl)ncc1C(=N)F. The predicted octanol–water partition coefficient (Wildman–Crippen LogP) is 2.85. The lowest BCUT2D eigenvalue weighted by molar-refractivity contribution is 0.795. The van der Waals surface area contributed by atoms with Crippen LogP contribution in [0.4, 0.5) is 10.1 Å². The number of rotatable bonds is 3. The molecule has 0 aliphatic heterocycles. The van der Waals surface area contributed by atoms with E-state index in [-0.39, 0.29) is 16.8 Å². The molecule has 0 bridgehead atoms. The molecule has 0 radical (unpaired) electrons. The fourth-order valence-corrected chi connectivity index (χ4v) is 1.19. The molecular weight excluding hydrogens is 205 g/mol. The maximum Gasteiger partial charge on any atom is 0.216 e. The van der Waals surface area contributed by atoms with Crippen molar-refractivity contribution >= 4 is 23.3 Å². The van der Waals surface area contributed by atoms with E-state index in [1.165, 1.54) is 12.3 Å². The van der Waals surface area contributed by atoms with Gasteiger partial charge in [-0.3, -0.25) is 5.41 Å². The zero-order valence-electron chi connectivity index (χ0n) is 7.94. The zero-order valence-corrected chi connectivity index (χ0v) is 8.69. The number of nitrogens with one attached hydrogen (secondary N) is 2. The van der Waals surface area contributed by atoms with Crippen LogP contribution in [0.15, 0.2) is 12.3 Å². The van der Waals surface area contributed by atoms with Gasteiger partial charge >= 0.3 is 0 Å². The van der Waals surface area contributed by atoms with Crippen molar-refractivity contribution in [1.82, 2.24) is 4.98 Å². The largest absolute Gasteiger partial charge is 0.382 e. The Labute approximate surface area is 86.8 Å². The van der Waals surface area contributed by atoms with E-state index in [9.17, 15) is 4.39 Å². The second kappa shape index (κ2) is 4.37. The number of hydrogen-bond donors (Lipinski definition) is 2. The average molecular weight is 216 g/mol. The summed E-state index contributed by atoms with van der Waals surface area (Å²) in [6.07, 6.45) is 1.25. The molecule has 1 heterocycles. The summed E-state index contributed by atoms with van der Waals surface area (Å²) in [5, 5.41) is 10.2. The number of anilines is 1. The Bertz CT molecular complexity index is 352. The number of nitrogens with zero attached hydrogens (tertiary/aromatic N) is 1. The van der Waals surface area contributed by atoms with E-state index in [0.717, 1.165) is 0 Å². The monoisotopic (exact) mass is 215 g/mol. The summed E-state index contributed by atoms with van der Waals surface area (Å²) in [7, 11) is 0. The molecule has 14 heavy (non-hydrogen) atoms. The minimum atomic E-state index is -1.02. The van der Waals surface area contributed by atoms with Crippen LogP contribution in [0.25, 0.3) is 0 Å². The van der Waals surface area contributed by atoms with Crippen molar-refractivity contribution in [2.24, 2.45) is 0 Å². The van der Waals surface area contributed by atoms with Gasteiger partial charge in [0.15, 0.2) is 0 Å². The summed E-state index contributed by atoms with van der Waals surface area (Å²) in [6.45, 7) is 3.83. The Morgan fingerprint density at radius 2 is 2.29 bits per heavy atom. The molecule has 0 atom stereocenters. The van der Waals surface area contributed by atoms with Crippen LogP contribution in [0.3, 0.4) is 0 Å². The lowest BCUT2D eigenvalue weighted by Gasteiger charge is -2.12. The van der Waals surface area contributed by atoms with Crippen LogP contribution in [0.5, 0.6) is 0 Å². The van der Waals surface area contributed by atoms with E-state index in [0.29, 0.717) is 5.69 Å². The smallest absolute Gasteiger partial charge is 0.216 e. The van der Waals surface area contributed by atoms with Gasteiger partial charge in [-0.05, 0) is 19.9 Å². The fourth-order valence-electron chi connectivity index (χ4n) is 1.04. The summed E-state index contributed by atoms with van der Waals surface area (Å²) < 4.78 is 12.7. The van der Waals surface area contributed by atoms with Crippen molar-refractivity contribution in [3.05, 3.63) is 23.0 Å². The Hall–Kier alpha value is -1.16. The molecule has 0 saturated heterocycles. The van der Waals surface area contributed by atoms with E-state index in [1.807, 2.05) is 13.8 Å². The van der Waals surface area contributed by atoms with Gasteiger partial charge in [0, 0.05) is 12.2 Å². The molecule has 3 nitrogen and oxygen atoms in total. The van der Waals surface area contributed by atoms with Crippen LogP contribution in [0, 0.1) is 5.41 Å². The van der Waals surface area contributed by atoms with Gasteiger partial charge in [-0.15, -0.1) is 0 Å². The molecule has 5 heteroatoms. The topological polar surface area (TPSA) is 48.8 Å². The molecule has 1 rings (SSSR count). The molecule has 0 aliphatic rings. The first kappa shape index (κ1) is 10.9. The van der Waals surface area contributed by atoms with E-state index >= 15 is 0 Å². The second-order valence-electron chi connectivity index (χ2n) is 3.17. The van der Waals surface area contributed by atoms with Crippen molar-refractivity contribution in [2.75, 3.05) is 5.32 Å².